The summed E-state index contributed by atoms with van der Waals surface area (Å²) in [5, 5.41) is 6.99. The van der Waals surface area contributed by atoms with E-state index in [2.05, 4.69) is 38.4 Å². The minimum Gasteiger partial charge on any atom is -0.322 e. The predicted octanol–water partition coefficient (Wildman–Crippen LogP) is 5.28. The number of carbonyl (C=O) groups excluding carboxylic acids is 2. The Balaban J connectivity index is 1.45. The largest absolute Gasteiger partial charge is 0.322 e. The number of sulfonamides is 1. The molecule has 8 nitrogen and oxygen atoms in total. The summed E-state index contributed by atoms with van der Waals surface area (Å²) >= 11 is 2.13. The van der Waals surface area contributed by atoms with E-state index in [1.165, 1.54) is 12.1 Å². The quantitative estimate of drug-likeness (QED) is 0.146. The monoisotopic (exact) mass is 652 g/mol. The number of nitrogens with one attached hydrogen (secondary N) is 2. The first-order chi connectivity index (χ1) is 18.7. The normalized spacial score (nSPS) is 11.5. The summed E-state index contributed by atoms with van der Waals surface area (Å²) in [6.45, 7) is 1.26. The maximum atomic E-state index is 13.4. The van der Waals surface area contributed by atoms with Crippen molar-refractivity contribution in [3.8, 4) is 0 Å². The Labute approximate surface area is 240 Å². The third kappa shape index (κ3) is 7.30. The van der Waals surface area contributed by atoms with Gasteiger partial charge in [-0.25, -0.2) is 13.8 Å². The molecular weight excluding hydrogens is 627 g/mol. The SMILES string of the molecule is C/C(=N/NC(=O)CN(c1ccc(I)cc1)S(=O)(=O)c1ccccc1)c1ccc(NC(=O)c2ccccc2)cc1. The molecule has 39 heavy (non-hydrogen) atoms. The lowest BCUT2D eigenvalue weighted by molar-refractivity contribution is -0.119. The van der Waals surface area contributed by atoms with Crippen molar-refractivity contribution in [3.05, 3.63) is 124 Å². The number of hydrazone groups is 1. The Bertz CT molecular complexity index is 1580. The number of hydrogen-bond acceptors (Lipinski definition) is 5. The van der Waals surface area contributed by atoms with Gasteiger partial charge in [0.25, 0.3) is 21.8 Å². The molecule has 0 fully saturated rings. The van der Waals surface area contributed by atoms with Gasteiger partial charge in [-0.05, 0) is 95.7 Å². The van der Waals surface area contributed by atoms with Crippen LogP contribution in [0.3, 0.4) is 0 Å². The molecule has 0 unspecified atom stereocenters. The molecule has 2 amide bonds. The molecular formula is C29H25IN4O4S. The molecule has 0 aliphatic carbocycles. The zero-order chi connectivity index (χ0) is 27.8. The first kappa shape index (κ1) is 28.0. The third-order valence-electron chi connectivity index (χ3n) is 5.68. The van der Waals surface area contributed by atoms with Crippen molar-refractivity contribution in [2.24, 2.45) is 5.10 Å². The minimum absolute atomic E-state index is 0.0791. The second-order valence-electron chi connectivity index (χ2n) is 8.43. The first-order valence-electron chi connectivity index (χ1n) is 11.9. The summed E-state index contributed by atoms with van der Waals surface area (Å²) in [6, 6.07) is 30.7. The first-order valence-corrected chi connectivity index (χ1v) is 14.4. The molecule has 0 saturated carbocycles. The van der Waals surface area contributed by atoms with Gasteiger partial charge in [0.1, 0.15) is 6.54 Å². The van der Waals surface area contributed by atoms with Gasteiger partial charge in [-0.2, -0.15) is 5.10 Å². The lowest BCUT2D eigenvalue weighted by Gasteiger charge is -2.23. The number of rotatable bonds is 9. The highest BCUT2D eigenvalue weighted by Crippen LogP contribution is 2.24. The van der Waals surface area contributed by atoms with Gasteiger partial charge in [0, 0.05) is 14.8 Å². The molecule has 0 bridgehead atoms. The fourth-order valence-corrected chi connectivity index (χ4v) is 5.41. The molecule has 0 spiro atoms. The average molecular weight is 653 g/mol. The van der Waals surface area contributed by atoms with E-state index in [-0.39, 0.29) is 10.8 Å². The van der Waals surface area contributed by atoms with Gasteiger partial charge in [-0.15, -0.1) is 0 Å². The molecule has 0 aromatic heterocycles. The maximum absolute atomic E-state index is 13.4. The van der Waals surface area contributed by atoms with E-state index in [0.717, 1.165) is 13.4 Å². The molecule has 10 heteroatoms. The molecule has 198 valence electrons. The Hall–Kier alpha value is -4.03. The summed E-state index contributed by atoms with van der Waals surface area (Å²) in [4.78, 5) is 25.3. The fourth-order valence-electron chi connectivity index (χ4n) is 3.61. The van der Waals surface area contributed by atoms with Gasteiger partial charge in [-0.3, -0.25) is 13.9 Å². The Morgan fingerprint density at radius 2 is 1.38 bits per heavy atom. The topological polar surface area (TPSA) is 108 Å². The Morgan fingerprint density at radius 1 is 0.795 bits per heavy atom. The molecule has 0 aliphatic heterocycles. The number of hydrogen-bond donors (Lipinski definition) is 2. The number of nitrogens with zero attached hydrogens (tertiary/aromatic N) is 2. The second kappa shape index (κ2) is 12.7. The van der Waals surface area contributed by atoms with Crippen molar-refractivity contribution in [3.63, 3.8) is 0 Å². The van der Waals surface area contributed by atoms with Crippen LogP contribution < -0.4 is 15.0 Å². The average Bonchev–Trinajstić information content (AvgIpc) is 2.96. The molecule has 0 radical (unpaired) electrons. The summed E-state index contributed by atoms with van der Waals surface area (Å²) in [7, 11) is -4.00. The summed E-state index contributed by atoms with van der Waals surface area (Å²) in [5.41, 5.74) is 5.22. The minimum atomic E-state index is -4.00. The van der Waals surface area contributed by atoms with Crippen LogP contribution in [-0.2, 0) is 14.8 Å². The van der Waals surface area contributed by atoms with E-state index in [1.54, 1.807) is 97.9 Å². The smallest absolute Gasteiger partial charge is 0.264 e. The van der Waals surface area contributed by atoms with Crippen molar-refractivity contribution in [2.45, 2.75) is 11.8 Å². The van der Waals surface area contributed by atoms with Crippen LogP contribution in [0, 0.1) is 3.57 Å². The molecule has 0 atom stereocenters. The van der Waals surface area contributed by atoms with Crippen molar-refractivity contribution in [1.82, 2.24) is 5.43 Å². The van der Waals surface area contributed by atoms with Crippen LogP contribution in [0.15, 0.2) is 119 Å². The van der Waals surface area contributed by atoms with E-state index in [1.807, 2.05) is 6.07 Å². The zero-order valence-electron chi connectivity index (χ0n) is 20.9. The third-order valence-corrected chi connectivity index (χ3v) is 8.19. The van der Waals surface area contributed by atoms with Gasteiger partial charge >= 0.3 is 0 Å². The van der Waals surface area contributed by atoms with E-state index >= 15 is 0 Å². The van der Waals surface area contributed by atoms with Crippen LogP contribution in [-0.4, -0.2) is 32.5 Å². The summed E-state index contributed by atoms with van der Waals surface area (Å²) < 4.78 is 28.8. The van der Waals surface area contributed by atoms with Gasteiger partial charge in [0.2, 0.25) is 0 Å². The van der Waals surface area contributed by atoms with Crippen LogP contribution >= 0.6 is 22.6 Å². The second-order valence-corrected chi connectivity index (χ2v) is 11.5. The molecule has 4 rings (SSSR count). The highest BCUT2D eigenvalue weighted by atomic mass is 127. The predicted molar refractivity (Wildman–Crippen MR) is 161 cm³/mol. The summed E-state index contributed by atoms with van der Waals surface area (Å²) in [6.07, 6.45) is 0. The Kier molecular flexibility index (Phi) is 9.10. The highest BCUT2D eigenvalue weighted by molar-refractivity contribution is 14.1. The van der Waals surface area contributed by atoms with Crippen molar-refractivity contribution < 1.29 is 18.0 Å². The van der Waals surface area contributed by atoms with E-state index in [0.29, 0.717) is 22.6 Å². The highest BCUT2D eigenvalue weighted by Gasteiger charge is 2.27. The lowest BCUT2D eigenvalue weighted by Crippen LogP contribution is -2.39. The molecule has 0 heterocycles. The number of carbonyl (C=O) groups is 2. The fraction of sp³-hybridized carbons (Fsp3) is 0.0690. The Morgan fingerprint density at radius 3 is 2.00 bits per heavy atom. The number of halogens is 1. The maximum Gasteiger partial charge on any atom is 0.264 e. The van der Waals surface area contributed by atoms with Crippen LogP contribution in [0.25, 0.3) is 0 Å². The van der Waals surface area contributed by atoms with Crippen LogP contribution in [0.1, 0.15) is 22.8 Å². The van der Waals surface area contributed by atoms with Crippen LogP contribution in [0.2, 0.25) is 0 Å². The van der Waals surface area contributed by atoms with Crippen molar-refractivity contribution in [1.29, 1.82) is 0 Å². The molecule has 0 saturated heterocycles. The molecule has 4 aromatic carbocycles. The summed E-state index contributed by atoms with van der Waals surface area (Å²) in [5.74, 6) is -0.816. The van der Waals surface area contributed by atoms with Gasteiger partial charge in [0.05, 0.1) is 16.3 Å². The van der Waals surface area contributed by atoms with Gasteiger partial charge < -0.3 is 5.32 Å². The molecule has 0 aliphatic rings. The number of benzene rings is 4. The van der Waals surface area contributed by atoms with E-state index in [4.69, 9.17) is 0 Å². The van der Waals surface area contributed by atoms with Crippen LogP contribution in [0.4, 0.5) is 11.4 Å². The number of amides is 2. The van der Waals surface area contributed by atoms with E-state index < -0.39 is 22.5 Å². The van der Waals surface area contributed by atoms with Crippen molar-refractivity contribution >= 4 is 61.5 Å². The molecule has 4 aromatic rings. The van der Waals surface area contributed by atoms with Crippen LogP contribution in [0.5, 0.6) is 0 Å². The van der Waals surface area contributed by atoms with Gasteiger partial charge in [-0.1, -0.05) is 48.5 Å². The van der Waals surface area contributed by atoms with E-state index in [9.17, 15) is 18.0 Å². The van der Waals surface area contributed by atoms with Gasteiger partial charge in [0.15, 0.2) is 0 Å². The number of anilines is 2. The zero-order valence-corrected chi connectivity index (χ0v) is 23.9. The lowest BCUT2D eigenvalue weighted by atomic mass is 10.1. The molecule has 2 N–H and O–H groups in total. The standard InChI is InChI=1S/C29H25IN4O4S/c1-21(22-12-16-25(17-13-22)31-29(36)23-8-4-2-5-9-23)32-33-28(35)20-34(26-18-14-24(30)15-19-26)39(37,38)27-10-6-3-7-11-27/h2-19H,20H2,1H3,(H,31,36)(H,33,35)/b32-21-. The van der Waals surface area contributed by atoms with Crippen molar-refractivity contribution in [2.75, 3.05) is 16.2 Å².